The van der Waals surface area contributed by atoms with Gasteiger partial charge in [0.1, 0.15) is 0 Å². The van der Waals surface area contributed by atoms with Gasteiger partial charge in [-0.05, 0) is 30.2 Å². The zero-order valence-electron chi connectivity index (χ0n) is 7.83. The molecule has 0 radical (unpaired) electrons. The van der Waals surface area contributed by atoms with Crippen molar-refractivity contribution in [3.8, 4) is 0 Å². The first-order valence-electron chi connectivity index (χ1n) is 4.33. The van der Waals surface area contributed by atoms with Crippen molar-refractivity contribution < 1.29 is 9.90 Å². The molecule has 1 aromatic rings. The zero-order chi connectivity index (χ0) is 10.6. The molecule has 0 bridgehead atoms. The number of hydrogen-bond donors (Lipinski definition) is 1. The third-order valence-electron chi connectivity index (χ3n) is 1.87. The summed E-state index contributed by atoms with van der Waals surface area (Å²) in [6.07, 6.45) is 2.22. The van der Waals surface area contributed by atoms with Crippen molar-refractivity contribution in [1.82, 2.24) is 0 Å². The Bertz CT molecular complexity index is 352. The average molecular weight is 255 g/mol. The maximum atomic E-state index is 10.7. The highest BCUT2D eigenvalue weighted by atomic mass is 79.9. The van der Waals surface area contributed by atoms with Gasteiger partial charge in [0.25, 0.3) is 0 Å². The average Bonchev–Trinajstić information content (AvgIpc) is 2.16. The number of carbonyl (C=O) groups is 1. The molecular weight excluding hydrogens is 244 g/mol. The summed E-state index contributed by atoms with van der Waals surface area (Å²) in [5, 5.41) is 8.81. The molecular formula is C11H11BrO2. The van der Waals surface area contributed by atoms with Crippen molar-refractivity contribution in [2.24, 2.45) is 0 Å². The largest absolute Gasteiger partial charge is 0.478 e. The summed E-state index contributed by atoms with van der Waals surface area (Å²) in [7, 11) is 0. The molecule has 0 aliphatic carbocycles. The van der Waals surface area contributed by atoms with E-state index in [0.29, 0.717) is 12.0 Å². The van der Waals surface area contributed by atoms with Gasteiger partial charge in [0.15, 0.2) is 0 Å². The molecule has 0 aliphatic heterocycles. The van der Waals surface area contributed by atoms with Gasteiger partial charge in [-0.25, -0.2) is 4.79 Å². The number of benzene rings is 1. The van der Waals surface area contributed by atoms with E-state index in [1.54, 1.807) is 6.08 Å². The minimum absolute atomic E-state index is 0.423. The van der Waals surface area contributed by atoms with Gasteiger partial charge in [0.05, 0.1) is 0 Å². The third-order valence-corrected chi connectivity index (χ3v) is 2.40. The van der Waals surface area contributed by atoms with Crippen LogP contribution in [0.2, 0.25) is 0 Å². The molecule has 0 aromatic heterocycles. The molecule has 14 heavy (non-hydrogen) atoms. The molecule has 0 heterocycles. The Morgan fingerprint density at radius 1 is 1.43 bits per heavy atom. The van der Waals surface area contributed by atoms with Gasteiger partial charge in [-0.1, -0.05) is 35.0 Å². The lowest BCUT2D eigenvalue weighted by molar-refractivity contribution is -0.132. The summed E-state index contributed by atoms with van der Waals surface area (Å²) in [6, 6.07) is 7.54. The molecule has 2 nitrogen and oxygen atoms in total. The molecule has 1 N–H and O–H groups in total. The van der Waals surface area contributed by atoms with Gasteiger partial charge in [-0.3, -0.25) is 0 Å². The fraction of sp³-hybridized carbons (Fsp3) is 0.182. The Labute approximate surface area is 91.4 Å². The van der Waals surface area contributed by atoms with E-state index in [9.17, 15) is 4.79 Å². The minimum atomic E-state index is -0.851. The van der Waals surface area contributed by atoms with E-state index in [1.165, 1.54) is 0 Å². The van der Waals surface area contributed by atoms with Crippen LogP contribution in [0.5, 0.6) is 0 Å². The number of aliphatic carboxylic acids is 1. The number of halogens is 1. The van der Waals surface area contributed by atoms with E-state index in [0.717, 1.165) is 10.0 Å². The highest BCUT2D eigenvalue weighted by Gasteiger charge is 2.03. The molecule has 0 fully saturated rings. The third kappa shape index (κ3) is 3.00. The van der Waals surface area contributed by atoms with Gasteiger partial charge in [0.2, 0.25) is 0 Å². The SMILES string of the molecule is CC/C(=C\c1ccc(Br)cc1)C(=O)O. The van der Waals surface area contributed by atoms with Crippen LogP contribution in [0.25, 0.3) is 6.08 Å². The second-order valence-electron chi connectivity index (χ2n) is 2.88. The summed E-state index contributed by atoms with van der Waals surface area (Å²) in [4.78, 5) is 10.7. The van der Waals surface area contributed by atoms with Gasteiger partial charge in [0, 0.05) is 10.0 Å². The maximum absolute atomic E-state index is 10.7. The zero-order valence-corrected chi connectivity index (χ0v) is 9.41. The molecule has 0 unspecified atom stereocenters. The molecule has 0 saturated heterocycles. The van der Waals surface area contributed by atoms with E-state index in [2.05, 4.69) is 15.9 Å². The van der Waals surface area contributed by atoms with Crippen LogP contribution in [0.15, 0.2) is 34.3 Å². The normalized spacial score (nSPS) is 11.4. The lowest BCUT2D eigenvalue weighted by atomic mass is 10.1. The monoisotopic (exact) mass is 254 g/mol. The molecule has 0 amide bonds. The van der Waals surface area contributed by atoms with Crippen LogP contribution in [0.3, 0.4) is 0 Å². The number of hydrogen-bond acceptors (Lipinski definition) is 1. The predicted molar refractivity (Wildman–Crippen MR) is 60.0 cm³/mol. The number of carboxylic acids is 1. The van der Waals surface area contributed by atoms with Crippen LogP contribution >= 0.6 is 15.9 Å². The number of rotatable bonds is 3. The van der Waals surface area contributed by atoms with Crippen LogP contribution in [0.1, 0.15) is 18.9 Å². The first kappa shape index (κ1) is 11.0. The van der Waals surface area contributed by atoms with Crippen LogP contribution in [0.4, 0.5) is 0 Å². The molecule has 74 valence electrons. The van der Waals surface area contributed by atoms with Crippen LogP contribution in [0, 0.1) is 0 Å². The first-order chi connectivity index (χ1) is 6.63. The highest BCUT2D eigenvalue weighted by molar-refractivity contribution is 9.10. The molecule has 1 aromatic carbocycles. The van der Waals surface area contributed by atoms with Gasteiger partial charge < -0.3 is 5.11 Å². The lowest BCUT2D eigenvalue weighted by Gasteiger charge is -1.98. The van der Waals surface area contributed by atoms with E-state index < -0.39 is 5.97 Å². The standard InChI is InChI=1S/C11H11BrO2/c1-2-9(11(13)14)7-8-3-5-10(12)6-4-8/h3-7H,2H2,1H3,(H,13,14)/b9-7+. The summed E-state index contributed by atoms with van der Waals surface area (Å²) < 4.78 is 0.989. The predicted octanol–water partition coefficient (Wildman–Crippen LogP) is 3.33. The summed E-state index contributed by atoms with van der Waals surface area (Å²) in [5.74, 6) is -0.851. The minimum Gasteiger partial charge on any atom is -0.478 e. The fourth-order valence-electron chi connectivity index (χ4n) is 1.08. The van der Waals surface area contributed by atoms with Gasteiger partial charge in [-0.2, -0.15) is 0 Å². The number of carboxylic acid groups (broad SMARTS) is 1. The van der Waals surface area contributed by atoms with Crippen molar-refractivity contribution in [3.05, 3.63) is 39.9 Å². The molecule has 3 heteroatoms. The van der Waals surface area contributed by atoms with Crippen molar-refractivity contribution >= 4 is 28.0 Å². The van der Waals surface area contributed by atoms with Crippen LogP contribution in [-0.4, -0.2) is 11.1 Å². The van der Waals surface area contributed by atoms with Crippen LogP contribution < -0.4 is 0 Å². The molecule has 0 saturated carbocycles. The Hall–Kier alpha value is -1.09. The van der Waals surface area contributed by atoms with Crippen molar-refractivity contribution in [2.75, 3.05) is 0 Å². The topological polar surface area (TPSA) is 37.3 Å². The highest BCUT2D eigenvalue weighted by Crippen LogP contribution is 2.14. The van der Waals surface area contributed by atoms with E-state index in [1.807, 2.05) is 31.2 Å². The van der Waals surface area contributed by atoms with E-state index >= 15 is 0 Å². The molecule has 0 aliphatic rings. The Balaban J connectivity index is 2.95. The van der Waals surface area contributed by atoms with Crippen LogP contribution in [-0.2, 0) is 4.79 Å². The maximum Gasteiger partial charge on any atom is 0.331 e. The second-order valence-corrected chi connectivity index (χ2v) is 3.80. The summed E-state index contributed by atoms with van der Waals surface area (Å²) in [6.45, 7) is 1.83. The first-order valence-corrected chi connectivity index (χ1v) is 5.12. The van der Waals surface area contributed by atoms with Crippen molar-refractivity contribution in [1.29, 1.82) is 0 Å². The smallest absolute Gasteiger partial charge is 0.331 e. The Morgan fingerprint density at radius 2 is 2.00 bits per heavy atom. The molecule has 0 atom stereocenters. The summed E-state index contributed by atoms with van der Waals surface area (Å²) in [5.41, 5.74) is 1.33. The van der Waals surface area contributed by atoms with Gasteiger partial charge >= 0.3 is 5.97 Å². The fourth-order valence-corrected chi connectivity index (χ4v) is 1.34. The van der Waals surface area contributed by atoms with E-state index in [-0.39, 0.29) is 0 Å². The second kappa shape index (κ2) is 4.96. The van der Waals surface area contributed by atoms with Gasteiger partial charge in [-0.15, -0.1) is 0 Å². The van der Waals surface area contributed by atoms with Crippen molar-refractivity contribution in [3.63, 3.8) is 0 Å². The molecule has 0 spiro atoms. The Morgan fingerprint density at radius 3 is 2.43 bits per heavy atom. The van der Waals surface area contributed by atoms with Crippen molar-refractivity contribution in [2.45, 2.75) is 13.3 Å². The van der Waals surface area contributed by atoms with E-state index in [4.69, 9.17) is 5.11 Å². The lowest BCUT2D eigenvalue weighted by Crippen LogP contribution is -1.98. The quantitative estimate of drug-likeness (QED) is 0.841. The molecule has 1 rings (SSSR count). The summed E-state index contributed by atoms with van der Waals surface area (Å²) >= 11 is 3.32. The Kier molecular flexibility index (Phi) is 3.89.